The number of aryl methyl sites for hydroxylation is 1. The van der Waals surface area contributed by atoms with Crippen LogP contribution >= 0.6 is 0 Å². The molecule has 1 aromatic heterocycles. The number of aromatic nitrogens is 1. The quantitative estimate of drug-likeness (QED) is 0.621. The van der Waals surface area contributed by atoms with Gasteiger partial charge in [-0.15, -0.1) is 0 Å². The van der Waals surface area contributed by atoms with Crippen molar-refractivity contribution in [2.75, 3.05) is 10.6 Å². The van der Waals surface area contributed by atoms with E-state index in [9.17, 15) is 9.59 Å². The molecule has 1 heterocycles. The van der Waals surface area contributed by atoms with Crippen molar-refractivity contribution < 1.29 is 9.59 Å². The van der Waals surface area contributed by atoms with Gasteiger partial charge in [-0.25, -0.2) is 0 Å². The Hall–Kier alpha value is -3.08. The smallest absolute Gasteiger partial charge is 0.255 e. The van der Waals surface area contributed by atoms with Crippen LogP contribution in [0.25, 0.3) is 10.9 Å². The number of H-pyrrole nitrogens is 1. The van der Waals surface area contributed by atoms with Crippen molar-refractivity contribution in [2.45, 2.75) is 32.6 Å². The van der Waals surface area contributed by atoms with Crippen molar-refractivity contribution >= 4 is 34.1 Å². The van der Waals surface area contributed by atoms with Crippen molar-refractivity contribution in [3.8, 4) is 0 Å². The molecule has 0 bridgehead atoms. The zero-order valence-corrected chi connectivity index (χ0v) is 15.3. The van der Waals surface area contributed by atoms with Crippen LogP contribution in [0.15, 0.2) is 48.7 Å². The van der Waals surface area contributed by atoms with E-state index in [-0.39, 0.29) is 17.7 Å². The van der Waals surface area contributed by atoms with Gasteiger partial charge in [0.2, 0.25) is 5.91 Å². The van der Waals surface area contributed by atoms with Crippen molar-refractivity contribution in [2.24, 2.45) is 5.92 Å². The number of hydrogen-bond acceptors (Lipinski definition) is 2. The Morgan fingerprint density at radius 1 is 0.963 bits per heavy atom. The third-order valence-electron chi connectivity index (χ3n) is 5.22. The third kappa shape index (κ3) is 3.72. The zero-order valence-electron chi connectivity index (χ0n) is 15.3. The van der Waals surface area contributed by atoms with Crippen molar-refractivity contribution in [3.63, 3.8) is 0 Å². The van der Waals surface area contributed by atoms with Gasteiger partial charge in [0, 0.05) is 28.6 Å². The highest BCUT2D eigenvalue weighted by Gasteiger charge is 2.23. The van der Waals surface area contributed by atoms with Crippen molar-refractivity contribution in [1.82, 2.24) is 4.98 Å². The molecule has 0 saturated heterocycles. The van der Waals surface area contributed by atoms with Gasteiger partial charge in [0.05, 0.1) is 11.4 Å². The first-order valence-electron chi connectivity index (χ1n) is 9.40. The summed E-state index contributed by atoms with van der Waals surface area (Å²) in [6.45, 7) is 1.96. The van der Waals surface area contributed by atoms with Gasteiger partial charge in [0.15, 0.2) is 0 Å². The molecule has 0 atom stereocenters. The van der Waals surface area contributed by atoms with Gasteiger partial charge in [-0.1, -0.05) is 18.9 Å². The largest absolute Gasteiger partial charge is 0.361 e. The molecule has 1 saturated carbocycles. The van der Waals surface area contributed by atoms with Crippen LogP contribution in [-0.2, 0) is 4.79 Å². The van der Waals surface area contributed by atoms with Gasteiger partial charge in [0.1, 0.15) is 0 Å². The lowest BCUT2D eigenvalue weighted by molar-refractivity contribution is -0.119. The summed E-state index contributed by atoms with van der Waals surface area (Å²) in [4.78, 5) is 28.4. The number of hydrogen-bond donors (Lipinski definition) is 3. The number of aromatic amines is 1. The van der Waals surface area contributed by atoms with Gasteiger partial charge in [0.25, 0.3) is 5.91 Å². The minimum atomic E-state index is -0.194. The number of rotatable bonds is 4. The van der Waals surface area contributed by atoms with Crippen LogP contribution < -0.4 is 10.6 Å². The number of benzene rings is 2. The normalized spacial score (nSPS) is 14.4. The molecule has 1 aliphatic carbocycles. The van der Waals surface area contributed by atoms with E-state index in [1.165, 1.54) is 0 Å². The Morgan fingerprint density at radius 3 is 2.59 bits per heavy atom. The summed E-state index contributed by atoms with van der Waals surface area (Å²) < 4.78 is 0. The summed E-state index contributed by atoms with van der Waals surface area (Å²) in [6.07, 6.45) is 5.95. The van der Waals surface area contributed by atoms with E-state index >= 15 is 0 Å². The topological polar surface area (TPSA) is 74.0 Å². The van der Waals surface area contributed by atoms with E-state index in [0.29, 0.717) is 16.9 Å². The fourth-order valence-corrected chi connectivity index (χ4v) is 3.68. The molecule has 2 amide bonds. The summed E-state index contributed by atoms with van der Waals surface area (Å²) >= 11 is 0. The van der Waals surface area contributed by atoms with E-state index < -0.39 is 0 Å². The van der Waals surface area contributed by atoms with Gasteiger partial charge < -0.3 is 15.6 Å². The minimum absolute atomic E-state index is 0.0422. The monoisotopic (exact) mass is 361 g/mol. The molecule has 1 fully saturated rings. The molecule has 5 heteroatoms. The molecular formula is C22H23N3O2. The third-order valence-corrected chi connectivity index (χ3v) is 5.22. The second-order valence-corrected chi connectivity index (χ2v) is 7.25. The summed E-state index contributed by atoms with van der Waals surface area (Å²) in [5.74, 6) is -0.0773. The molecule has 0 unspecified atom stereocenters. The van der Waals surface area contributed by atoms with Crippen LogP contribution in [-0.4, -0.2) is 16.8 Å². The first-order chi connectivity index (χ1) is 13.1. The highest BCUT2D eigenvalue weighted by Crippen LogP contribution is 2.29. The molecule has 2 aromatic carbocycles. The predicted molar refractivity (Wildman–Crippen MR) is 108 cm³/mol. The van der Waals surface area contributed by atoms with Crippen LogP contribution in [0.4, 0.5) is 11.4 Å². The Labute approximate surface area is 158 Å². The lowest BCUT2D eigenvalue weighted by atomic mass is 10.1. The number of nitrogens with one attached hydrogen (secondary N) is 3. The van der Waals surface area contributed by atoms with Crippen molar-refractivity contribution in [3.05, 3.63) is 59.8 Å². The zero-order chi connectivity index (χ0) is 18.8. The highest BCUT2D eigenvalue weighted by atomic mass is 16.2. The number of fused-ring (bicyclic) bond motifs is 1. The maximum Gasteiger partial charge on any atom is 0.255 e. The fourth-order valence-electron chi connectivity index (χ4n) is 3.68. The molecule has 27 heavy (non-hydrogen) atoms. The van der Waals surface area contributed by atoms with Crippen LogP contribution in [0.2, 0.25) is 0 Å². The predicted octanol–water partition coefficient (Wildman–Crippen LogP) is 4.86. The maximum atomic E-state index is 12.8. The van der Waals surface area contributed by atoms with Crippen molar-refractivity contribution in [1.29, 1.82) is 0 Å². The molecule has 138 valence electrons. The van der Waals surface area contributed by atoms with E-state index in [4.69, 9.17) is 0 Å². The molecule has 4 rings (SSSR count). The number of amides is 2. The molecule has 3 aromatic rings. The molecule has 1 aliphatic rings. The second-order valence-electron chi connectivity index (χ2n) is 7.25. The molecule has 5 nitrogen and oxygen atoms in total. The van der Waals surface area contributed by atoms with Gasteiger partial charge in [-0.2, -0.15) is 0 Å². The molecule has 0 radical (unpaired) electrons. The van der Waals surface area contributed by atoms with Gasteiger partial charge in [-0.3, -0.25) is 9.59 Å². The Kier molecular flexibility index (Phi) is 4.67. The van der Waals surface area contributed by atoms with Crippen LogP contribution in [0, 0.1) is 12.8 Å². The first kappa shape index (κ1) is 17.3. The summed E-state index contributed by atoms with van der Waals surface area (Å²) in [5.41, 5.74) is 3.86. The average Bonchev–Trinajstić information content (AvgIpc) is 3.34. The Balaban J connectivity index is 1.55. The average molecular weight is 361 g/mol. The lowest BCUT2D eigenvalue weighted by Gasteiger charge is -2.15. The van der Waals surface area contributed by atoms with Crippen LogP contribution in [0.3, 0.4) is 0 Å². The Bertz CT molecular complexity index is 1000. The number of carbonyl (C=O) groups is 2. The lowest BCUT2D eigenvalue weighted by Crippen LogP contribution is -2.22. The maximum absolute atomic E-state index is 12.8. The highest BCUT2D eigenvalue weighted by molar-refractivity contribution is 6.08. The minimum Gasteiger partial charge on any atom is -0.361 e. The molecule has 3 N–H and O–H groups in total. The summed E-state index contributed by atoms with van der Waals surface area (Å²) in [7, 11) is 0. The first-order valence-corrected chi connectivity index (χ1v) is 9.40. The SMILES string of the molecule is Cc1ccc(NC(=O)C2CCCC2)c(NC(=O)c2ccc3[nH]ccc3c2)c1. The van der Waals surface area contributed by atoms with Crippen LogP contribution in [0.5, 0.6) is 0 Å². The van der Waals surface area contributed by atoms with Crippen LogP contribution in [0.1, 0.15) is 41.6 Å². The second kappa shape index (κ2) is 7.27. The standard InChI is InChI=1S/C22H23N3O2/c1-14-6-8-19(24-21(26)15-4-2-3-5-15)20(12-14)25-22(27)17-7-9-18-16(13-17)10-11-23-18/h6-13,15,23H,2-5H2,1H3,(H,24,26)(H,25,27). The van der Waals surface area contributed by atoms with E-state index in [2.05, 4.69) is 15.6 Å². The fraction of sp³-hybridized carbons (Fsp3) is 0.273. The number of carbonyl (C=O) groups excluding carboxylic acids is 2. The molecule has 0 spiro atoms. The van der Waals surface area contributed by atoms with E-state index in [0.717, 1.165) is 42.1 Å². The summed E-state index contributed by atoms with van der Waals surface area (Å²) in [5, 5.41) is 6.95. The van der Waals surface area contributed by atoms with Gasteiger partial charge in [-0.05, 0) is 61.7 Å². The molecule has 0 aliphatic heterocycles. The molecular weight excluding hydrogens is 338 g/mol. The van der Waals surface area contributed by atoms with E-state index in [1.807, 2.05) is 49.5 Å². The number of anilines is 2. The summed E-state index contributed by atoms with van der Waals surface area (Å²) in [6, 6.07) is 13.2. The Morgan fingerprint density at radius 2 is 1.78 bits per heavy atom. The van der Waals surface area contributed by atoms with Gasteiger partial charge >= 0.3 is 0 Å². The van der Waals surface area contributed by atoms with E-state index in [1.54, 1.807) is 6.07 Å².